The molecule has 0 saturated carbocycles. The van der Waals surface area contributed by atoms with Crippen LogP contribution in [0.15, 0.2) is 48.7 Å². The number of rotatable bonds is 4. The van der Waals surface area contributed by atoms with E-state index < -0.39 is 11.9 Å². The van der Waals surface area contributed by atoms with E-state index in [1.54, 1.807) is 49.5 Å². The van der Waals surface area contributed by atoms with Gasteiger partial charge in [-0.15, -0.1) is 0 Å². The lowest BCUT2D eigenvalue weighted by Crippen LogP contribution is -2.07. The smallest absolute Gasteiger partial charge is 0.435 e. The predicted octanol–water partition coefficient (Wildman–Crippen LogP) is 4.77. The van der Waals surface area contributed by atoms with Crippen LogP contribution in [0, 0.1) is 6.92 Å². The number of fused-ring (bicyclic) bond motifs is 1. The number of aromatic nitrogens is 5. The van der Waals surface area contributed by atoms with Crippen molar-refractivity contribution in [1.29, 1.82) is 0 Å². The van der Waals surface area contributed by atoms with Crippen molar-refractivity contribution in [2.75, 3.05) is 0 Å². The number of nitrogens with zero attached hydrogens (tertiary/aromatic N) is 5. The monoisotopic (exact) mass is 419 g/mol. The summed E-state index contributed by atoms with van der Waals surface area (Å²) in [5.41, 5.74) is 1.80. The Bertz CT molecular complexity index is 1170. The second-order valence-corrected chi connectivity index (χ2v) is 6.54. The van der Waals surface area contributed by atoms with E-state index in [-0.39, 0.29) is 17.8 Å². The number of halogens is 4. The number of pyridine rings is 1. The van der Waals surface area contributed by atoms with Crippen LogP contribution in [0.5, 0.6) is 5.88 Å². The fraction of sp³-hybridized carbons (Fsp3) is 0.158. The van der Waals surface area contributed by atoms with Crippen molar-refractivity contribution in [3.05, 3.63) is 70.9 Å². The fourth-order valence-corrected chi connectivity index (χ4v) is 2.94. The van der Waals surface area contributed by atoms with Crippen LogP contribution in [0.2, 0.25) is 5.28 Å². The summed E-state index contributed by atoms with van der Waals surface area (Å²) < 4.78 is 45.5. The highest BCUT2D eigenvalue weighted by Crippen LogP contribution is 2.29. The summed E-state index contributed by atoms with van der Waals surface area (Å²) in [6.45, 7) is 1.74. The number of alkyl halides is 3. The van der Waals surface area contributed by atoms with Gasteiger partial charge in [0.25, 0.3) is 0 Å². The molecule has 3 heterocycles. The first-order valence-corrected chi connectivity index (χ1v) is 8.83. The van der Waals surface area contributed by atoms with E-state index in [1.165, 1.54) is 4.68 Å². The van der Waals surface area contributed by atoms with Crippen LogP contribution in [0.4, 0.5) is 13.2 Å². The van der Waals surface area contributed by atoms with Gasteiger partial charge in [0.15, 0.2) is 11.2 Å². The zero-order valence-electron chi connectivity index (χ0n) is 15.0. The Morgan fingerprint density at radius 3 is 2.55 bits per heavy atom. The van der Waals surface area contributed by atoms with Gasteiger partial charge in [-0.05, 0) is 54.4 Å². The Balaban J connectivity index is 1.54. The average molecular weight is 420 g/mol. The molecule has 4 aromatic rings. The molecule has 0 aliphatic rings. The molecule has 0 radical (unpaired) electrons. The first kappa shape index (κ1) is 19.1. The first-order chi connectivity index (χ1) is 13.8. The van der Waals surface area contributed by atoms with Crippen LogP contribution in [-0.2, 0) is 12.8 Å². The van der Waals surface area contributed by atoms with Gasteiger partial charge in [-0.1, -0.05) is 12.1 Å². The molecule has 6 nitrogen and oxygen atoms in total. The van der Waals surface area contributed by atoms with Gasteiger partial charge >= 0.3 is 6.18 Å². The molecule has 148 valence electrons. The molecular formula is C19H13ClF3N5O. The highest BCUT2D eigenvalue weighted by atomic mass is 35.5. The molecule has 0 unspecified atom stereocenters. The van der Waals surface area contributed by atoms with Gasteiger partial charge in [0.1, 0.15) is 6.61 Å². The van der Waals surface area contributed by atoms with E-state index >= 15 is 0 Å². The van der Waals surface area contributed by atoms with Gasteiger partial charge in [-0.2, -0.15) is 23.3 Å². The minimum absolute atomic E-state index is 0.0467. The highest BCUT2D eigenvalue weighted by molar-refractivity contribution is 6.28. The third-order valence-electron chi connectivity index (χ3n) is 4.13. The van der Waals surface area contributed by atoms with Gasteiger partial charge in [-0.3, -0.25) is 0 Å². The van der Waals surface area contributed by atoms with Gasteiger partial charge in [0.2, 0.25) is 11.2 Å². The summed E-state index contributed by atoms with van der Waals surface area (Å²) in [7, 11) is 0. The van der Waals surface area contributed by atoms with Crippen LogP contribution >= 0.6 is 11.6 Å². The molecular weight excluding hydrogens is 407 g/mol. The molecule has 4 rings (SSSR count). The quantitative estimate of drug-likeness (QED) is 0.446. The topological polar surface area (TPSA) is 65.7 Å². The van der Waals surface area contributed by atoms with E-state index in [4.69, 9.17) is 16.3 Å². The Labute approximate surface area is 168 Å². The Morgan fingerprint density at radius 1 is 1.10 bits per heavy atom. The molecule has 3 aromatic heterocycles. The maximum Gasteiger partial charge on any atom is 0.435 e. The lowest BCUT2D eigenvalue weighted by Gasteiger charge is -2.09. The summed E-state index contributed by atoms with van der Waals surface area (Å²) in [6.07, 6.45) is -2.89. The third kappa shape index (κ3) is 4.00. The van der Waals surface area contributed by atoms with Crippen LogP contribution in [-0.4, -0.2) is 24.7 Å². The van der Waals surface area contributed by atoms with Crippen molar-refractivity contribution in [2.24, 2.45) is 0 Å². The normalized spacial score (nSPS) is 11.8. The van der Waals surface area contributed by atoms with Crippen molar-refractivity contribution >= 4 is 22.6 Å². The van der Waals surface area contributed by atoms with Crippen molar-refractivity contribution in [3.8, 4) is 11.6 Å². The largest absolute Gasteiger partial charge is 0.471 e. The van der Waals surface area contributed by atoms with Crippen LogP contribution in [0.3, 0.4) is 0 Å². The zero-order chi connectivity index (χ0) is 20.6. The number of aryl methyl sites for hydroxylation is 1. The number of benzene rings is 1. The molecule has 0 N–H and O–H groups in total. The molecule has 0 spiro atoms. The molecule has 0 aliphatic heterocycles. The van der Waals surface area contributed by atoms with E-state index in [0.29, 0.717) is 22.4 Å². The lowest BCUT2D eigenvalue weighted by atomic mass is 10.2. The highest BCUT2D eigenvalue weighted by Gasteiger charge is 2.34. The van der Waals surface area contributed by atoms with Gasteiger partial charge in [0.05, 0.1) is 11.2 Å². The van der Waals surface area contributed by atoms with E-state index in [2.05, 4.69) is 20.1 Å². The Morgan fingerprint density at radius 2 is 1.86 bits per heavy atom. The minimum Gasteiger partial charge on any atom is -0.471 e. The van der Waals surface area contributed by atoms with E-state index in [1.807, 2.05) is 0 Å². The lowest BCUT2D eigenvalue weighted by molar-refractivity contribution is -0.141. The maximum atomic E-state index is 12.8. The standard InChI is InChI=1S/C19H13ClF3N5O/c1-11-9-15(19(21,22)23)27-28(11)13-6-4-12(5-7-13)10-29-17-16-14(3-2-8-24-16)25-18(20)26-17/h2-9H,10H2,1H3. The molecule has 0 saturated heterocycles. The molecule has 0 bridgehead atoms. The maximum absolute atomic E-state index is 12.8. The van der Waals surface area contributed by atoms with Crippen LogP contribution < -0.4 is 4.74 Å². The average Bonchev–Trinajstić information content (AvgIpc) is 3.08. The second-order valence-electron chi connectivity index (χ2n) is 6.20. The summed E-state index contributed by atoms with van der Waals surface area (Å²) in [4.78, 5) is 12.4. The summed E-state index contributed by atoms with van der Waals surface area (Å²) in [6, 6.07) is 11.3. The number of ether oxygens (including phenoxy) is 1. The third-order valence-corrected chi connectivity index (χ3v) is 4.30. The Kier molecular flexibility index (Phi) is 4.83. The molecule has 1 aromatic carbocycles. The van der Waals surface area contributed by atoms with Crippen LogP contribution in [0.1, 0.15) is 17.0 Å². The van der Waals surface area contributed by atoms with Gasteiger partial charge < -0.3 is 4.74 Å². The zero-order valence-corrected chi connectivity index (χ0v) is 15.7. The Hall–Kier alpha value is -3.20. The summed E-state index contributed by atoms with van der Waals surface area (Å²) >= 11 is 5.92. The van der Waals surface area contributed by atoms with Crippen molar-refractivity contribution in [3.63, 3.8) is 0 Å². The molecule has 0 aliphatic carbocycles. The van der Waals surface area contributed by atoms with E-state index in [9.17, 15) is 13.2 Å². The van der Waals surface area contributed by atoms with Crippen molar-refractivity contribution < 1.29 is 17.9 Å². The predicted molar refractivity (Wildman–Crippen MR) is 100.0 cm³/mol. The van der Waals surface area contributed by atoms with Gasteiger partial charge in [0, 0.05) is 11.9 Å². The number of hydrogen-bond donors (Lipinski definition) is 0. The van der Waals surface area contributed by atoms with Crippen LogP contribution in [0.25, 0.3) is 16.7 Å². The molecule has 0 amide bonds. The van der Waals surface area contributed by atoms with Gasteiger partial charge in [-0.25, -0.2) is 14.6 Å². The second kappa shape index (κ2) is 7.32. The molecule has 10 heteroatoms. The van der Waals surface area contributed by atoms with Crippen molar-refractivity contribution in [1.82, 2.24) is 24.7 Å². The molecule has 29 heavy (non-hydrogen) atoms. The minimum atomic E-state index is -4.49. The summed E-state index contributed by atoms with van der Waals surface area (Å²) in [5, 5.41) is 3.69. The van der Waals surface area contributed by atoms with E-state index in [0.717, 1.165) is 11.6 Å². The fourth-order valence-electron chi connectivity index (χ4n) is 2.77. The number of hydrogen-bond acceptors (Lipinski definition) is 5. The molecule has 0 fully saturated rings. The SMILES string of the molecule is Cc1cc(C(F)(F)F)nn1-c1ccc(COc2nc(Cl)nc3cccnc23)cc1. The first-order valence-electron chi connectivity index (χ1n) is 8.45. The van der Waals surface area contributed by atoms with Crippen molar-refractivity contribution in [2.45, 2.75) is 19.7 Å². The summed E-state index contributed by atoms with van der Waals surface area (Å²) in [5.74, 6) is 0.252. The molecule has 0 atom stereocenters.